The zero-order chi connectivity index (χ0) is 14.0. The van der Waals surface area contributed by atoms with Gasteiger partial charge in [0.15, 0.2) is 0 Å². The second kappa shape index (κ2) is 5.70. The van der Waals surface area contributed by atoms with Crippen molar-refractivity contribution in [3.63, 3.8) is 0 Å². The lowest BCUT2D eigenvalue weighted by molar-refractivity contribution is 0.321. The first-order valence-corrected chi connectivity index (χ1v) is 7.72. The van der Waals surface area contributed by atoms with Crippen molar-refractivity contribution in [2.24, 2.45) is 5.92 Å². The lowest BCUT2D eigenvalue weighted by Crippen LogP contribution is -2.30. The highest BCUT2D eigenvalue weighted by atomic mass is 35.5. The topological polar surface area (TPSA) is 16.1 Å². The summed E-state index contributed by atoms with van der Waals surface area (Å²) in [5.74, 6) is 2.47. The molecule has 0 amide bonds. The number of pyridine rings is 1. The maximum absolute atomic E-state index is 6.02. The van der Waals surface area contributed by atoms with Crippen LogP contribution in [0.2, 0.25) is 0 Å². The molecule has 1 heterocycles. The monoisotopic (exact) mass is 280 g/mol. The third kappa shape index (κ3) is 3.62. The summed E-state index contributed by atoms with van der Waals surface area (Å²) in [4.78, 5) is 7.12. The van der Waals surface area contributed by atoms with Gasteiger partial charge in [-0.15, -0.1) is 11.6 Å². The first-order valence-electron chi connectivity index (χ1n) is 7.18. The van der Waals surface area contributed by atoms with Crippen molar-refractivity contribution < 1.29 is 0 Å². The van der Waals surface area contributed by atoms with Crippen LogP contribution in [0.1, 0.15) is 51.3 Å². The Kier molecular flexibility index (Phi) is 4.39. The maximum Gasteiger partial charge on any atom is 0.128 e. The predicted octanol–water partition coefficient (Wildman–Crippen LogP) is 4.35. The van der Waals surface area contributed by atoms with E-state index in [-0.39, 0.29) is 5.41 Å². The van der Waals surface area contributed by atoms with E-state index in [1.165, 1.54) is 19.3 Å². The van der Waals surface area contributed by atoms with Crippen molar-refractivity contribution in [2.75, 3.05) is 18.5 Å². The fourth-order valence-corrected chi connectivity index (χ4v) is 2.54. The highest BCUT2D eigenvalue weighted by molar-refractivity contribution is 6.17. The molecule has 0 radical (unpaired) electrons. The summed E-state index contributed by atoms with van der Waals surface area (Å²) in [7, 11) is 2.14. The van der Waals surface area contributed by atoms with Crippen LogP contribution in [-0.4, -0.2) is 18.6 Å². The largest absolute Gasteiger partial charge is 0.359 e. The molecule has 0 spiro atoms. The van der Waals surface area contributed by atoms with Crippen molar-refractivity contribution in [3.05, 3.63) is 23.4 Å². The quantitative estimate of drug-likeness (QED) is 0.762. The number of halogens is 1. The Labute approximate surface area is 122 Å². The molecule has 1 aliphatic carbocycles. The van der Waals surface area contributed by atoms with E-state index in [4.69, 9.17) is 16.6 Å². The van der Waals surface area contributed by atoms with Gasteiger partial charge in [-0.25, -0.2) is 4.98 Å². The van der Waals surface area contributed by atoms with Gasteiger partial charge in [0.2, 0.25) is 0 Å². The maximum atomic E-state index is 6.02. The molecule has 106 valence electrons. The van der Waals surface area contributed by atoms with Crippen LogP contribution >= 0.6 is 11.6 Å². The zero-order valence-corrected chi connectivity index (χ0v) is 13.3. The van der Waals surface area contributed by atoms with Gasteiger partial charge in [0.25, 0.3) is 0 Å². The smallest absolute Gasteiger partial charge is 0.128 e. The molecule has 2 nitrogen and oxygen atoms in total. The van der Waals surface area contributed by atoms with Crippen molar-refractivity contribution in [3.8, 4) is 0 Å². The van der Waals surface area contributed by atoms with Crippen molar-refractivity contribution in [1.82, 2.24) is 4.98 Å². The first-order chi connectivity index (χ1) is 8.90. The predicted molar refractivity (Wildman–Crippen MR) is 83.1 cm³/mol. The number of nitrogens with zero attached hydrogens (tertiary/aromatic N) is 2. The lowest BCUT2D eigenvalue weighted by atomic mass is 9.85. The van der Waals surface area contributed by atoms with Crippen LogP contribution in [0.15, 0.2) is 12.1 Å². The van der Waals surface area contributed by atoms with E-state index < -0.39 is 0 Å². The van der Waals surface area contributed by atoms with Gasteiger partial charge < -0.3 is 4.90 Å². The molecule has 1 saturated carbocycles. The Bertz CT molecular complexity index is 433. The van der Waals surface area contributed by atoms with E-state index in [2.05, 4.69) is 44.9 Å². The second-order valence-electron chi connectivity index (χ2n) is 6.78. The third-order valence-corrected chi connectivity index (χ3v) is 4.25. The number of rotatable bonds is 4. The normalized spacial score (nSPS) is 16.3. The Morgan fingerprint density at radius 1 is 1.32 bits per heavy atom. The minimum atomic E-state index is 0.0636. The van der Waals surface area contributed by atoms with Gasteiger partial charge in [0.05, 0.1) is 0 Å². The molecule has 0 atom stereocenters. The van der Waals surface area contributed by atoms with Gasteiger partial charge in [0.1, 0.15) is 5.82 Å². The molecule has 0 unspecified atom stereocenters. The Hall–Kier alpha value is -0.760. The van der Waals surface area contributed by atoms with Gasteiger partial charge in [-0.1, -0.05) is 27.2 Å². The Balaban J connectivity index is 2.22. The van der Waals surface area contributed by atoms with E-state index in [0.717, 1.165) is 29.5 Å². The first kappa shape index (κ1) is 14.6. The molecule has 0 aliphatic heterocycles. The van der Waals surface area contributed by atoms with Crippen LogP contribution in [0.5, 0.6) is 0 Å². The summed E-state index contributed by atoms with van der Waals surface area (Å²) in [5, 5.41) is 0. The van der Waals surface area contributed by atoms with Crippen molar-refractivity contribution in [2.45, 2.75) is 51.3 Å². The molecule has 2 rings (SSSR count). The average molecular weight is 281 g/mol. The van der Waals surface area contributed by atoms with Crippen LogP contribution < -0.4 is 4.90 Å². The Morgan fingerprint density at radius 3 is 2.47 bits per heavy atom. The standard InChI is InChI=1S/C16H25ClN2/c1-16(2,3)14-8-13(10-17)9-15(18-14)19(4)11-12-6-5-7-12/h8-9,12H,5-7,10-11H2,1-4H3. The second-order valence-corrected chi connectivity index (χ2v) is 7.05. The van der Waals surface area contributed by atoms with Gasteiger partial charge in [-0.2, -0.15) is 0 Å². The summed E-state index contributed by atoms with van der Waals surface area (Å²) in [5.41, 5.74) is 2.35. The summed E-state index contributed by atoms with van der Waals surface area (Å²) < 4.78 is 0. The third-order valence-electron chi connectivity index (χ3n) is 3.94. The van der Waals surface area contributed by atoms with Crippen LogP contribution in [0.25, 0.3) is 0 Å². The molecule has 0 N–H and O–H groups in total. The number of aromatic nitrogens is 1. The van der Waals surface area contributed by atoms with Crippen LogP contribution in [0, 0.1) is 5.92 Å². The minimum Gasteiger partial charge on any atom is -0.359 e. The number of alkyl halides is 1. The number of anilines is 1. The van der Waals surface area contributed by atoms with Crippen LogP contribution in [-0.2, 0) is 11.3 Å². The van der Waals surface area contributed by atoms with Gasteiger partial charge in [-0.05, 0) is 36.5 Å². The van der Waals surface area contributed by atoms with E-state index in [0.29, 0.717) is 5.88 Å². The van der Waals surface area contributed by atoms with E-state index >= 15 is 0 Å². The van der Waals surface area contributed by atoms with E-state index in [9.17, 15) is 0 Å². The summed E-state index contributed by atoms with van der Waals surface area (Å²) >= 11 is 6.02. The van der Waals surface area contributed by atoms with Gasteiger partial charge >= 0.3 is 0 Å². The molecular formula is C16H25ClN2. The van der Waals surface area contributed by atoms with Crippen LogP contribution in [0.4, 0.5) is 5.82 Å². The zero-order valence-electron chi connectivity index (χ0n) is 12.5. The SMILES string of the molecule is CN(CC1CCC1)c1cc(CCl)cc(C(C)(C)C)n1. The molecule has 0 bridgehead atoms. The summed E-state index contributed by atoms with van der Waals surface area (Å²) in [6.45, 7) is 7.71. The molecule has 0 saturated heterocycles. The highest BCUT2D eigenvalue weighted by Crippen LogP contribution is 2.29. The van der Waals surface area contributed by atoms with E-state index in [1.54, 1.807) is 0 Å². The highest BCUT2D eigenvalue weighted by Gasteiger charge is 2.22. The summed E-state index contributed by atoms with van der Waals surface area (Å²) in [6.07, 6.45) is 4.12. The number of hydrogen-bond donors (Lipinski definition) is 0. The van der Waals surface area contributed by atoms with Gasteiger partial charge in [0, 0.05) is 30.6 Å². The average Bonchev–Trinajstić information content (AvgIpc) is 2.31. The molecule has 3 heteroatoms. The molecule has 1 aromatic rings. The molecule has 0 aromatic carbocycles. The fourth-order valence-electron chi connectivity index (χ4n) is 2.38. The lowest BCUT2D eigenvalue weighted by Gasteiger charge is -2.31. The molecule has 1 fully saturated rings. The summed E-state index contributed by atoms with van der Waals surface area (Å²) in [6, 6.07) is 4.26. The molecule has 1 aromatic heterocycles. The minimum absolute atomic E-state index is 0.0636. The van der Waals surface area contributed by atoms with Crippen molar-refractivity contribution in [1.29, 1.82) is 0 Å². The van der Waals surface area contributed by atoms with Crippen LogP contribution in [0.3, 0.4) is 0 Å². The van der Waals surface area contributed by atoms with Crippen molar-refractivity contribution >= 4 is 17.4 Å². The van der Waals surface area contributed by atoms with Gasteiger partial charge in [-0.3, -0.25) is 0 Å². The molecule has 1 aliphatic rings. The van der Waals surface area contributed by atoms with E-state index in [1.807, 2.05) is 0 Å². The fraction of sp³-hybridized carbons (Fsp3) is 0.688. The molecule has 19 heavy (non-hydrogen) atoms. The number of hydrogen-bond acceptors (Lipinski definition) is 2. The molecular weight excluding hydrogens is 256 g/mol. The Morgan fingerprint density at radius 2 is 2.00 bits per heavy atom.